The fourth-order valence-electron chi connectivity index (χ4n) is 4.90. The van der Waals surface area contributed by atoms with Crippen LogP contribution in [0.4, 0.5) is 0 Å². The van der Waals surface area contributed by atoms with Crippen molar-refractivity contribution in [3.8, 4) is 0 Å². The molecule has 2 aliphatic carbocycles. The van der Waals surface area contributed by atoms with E-state index in [-0.39, 0.29) is 39.9 Å². The lowest BCUT2D eigenvalue weighted by Gasteiger charge is -2.40. The van der Waals surface area contributed by atoms with E-state index < -0.39 is 16.6 Å². The standard InChI is InChI=1S/C29H54O3Si2/c1-13-14-15-16-22(31-33(9,10)28(3,4)5)17-18-23-24-19-21(2)27(30)25(24)20-26(23)32-34(11,12)29(6,7)8/h17-18,22-26H,2,13-16,19-20H2,1,3-12H3/b18-17+/t22-,23-,24-,25-,26+/m0/s1. The molecule has 2 saturated carbocycles. The Morgan fingerprint density at radius 2 is 1.62 bits per heavy atom. The third-order valence-electron chi connectivity index (χ3n) is 9.24. The number of hydrogen-bond donors (Lipinski definition) is 0. The molecule has 0 radical (unpaired) electrons. The van der Waals surface area contributed by atoms with E-state index >= 15 is 0 Å². The van der Waals surface area contributed by atoms with Crippen LogP contribution in [0, 0.1) is 17.8 Å². The van der Waals surface area contributed by atoms with Crippen LogP contribution in [0.3, 0.4) is 0 Å². The lowest BCUT2D eigenvalue weighted by atomic mass is 9.90. The minimum absolute atomic E-state index is 0.0803. The molecule has 2 fully saturated rings. The zero-order valence-corrected chi connectivity index (χ0v) is 26.2. The van der Waals surface area contributed by atoms with Crippen molar-refractivity contribution in [1.29, 1.82) is 0 Å². The van der Waals surface area contributed by atoms with Crippen molar-refractivity contribution in [2.24, 2.45) is 17.8 Å². The molecule has 0 heterocycles. The van der Waals surface area contributed by atoms with Crippen LogP contribution >= 0.6 is 0 Å². The molecule has 0 aliphatic heterocycles. The number of carbonyl (C=O) groups is 1. The number of fused-ring (bicyclic) bond motifs is 1. The van der Waals surface area contributed by atoms with E-state index in [2.05, 4.69) is 93.4 Å². The smallest absolute Gasteiger partial charge is 0.192 e. The van der Waals surface area contributed by atoms with Gasteiger partial charge in [-0.25, -0.2) is 0 Å². The third-order valence-corrected chi connectivity index (χ3v) is 18.2. The first-order chi connectivity index (χ1) is 15.4. The molecule has 2 aliphatic rings. The van der Waals surface area contributed by atoms with E-state index in [1.54, 1.807) is 0 Å². The molecule has 0 saturated heterocycles. The summed E-state index contributed by atoms with van der Waals surface area (Å²) in [5.74, 6) is 0.952. The fraction of sp³-hybridized carbons (Fsp3) is 0.828. The van der Waals surface area contributed by atoms with Gasteiger partial charge in [-0.1, -0.05) is 86.5 Å². The lowest BCUT2D eigenvalue weighted by Crippen LogP contribution is -2.45. The Hall–Kier alpha value is -0.496. The van der Waals surface area contributed by atoms with E-state index in [0.717, 1.165) is 24.8 Å². The topological polar surface area (TPSA) is 35.5 Å². The number of unbranched alkanes of at least 4 members (excludes halogenated alkanes) is 2. The van der Waals surface area contributed by atoms with Crippen LogP contribution < -0.4 is 0 Å². The van der Waals surface area contributed by atoms with Crippen LogP contribution in [0.15, 0.2) is 24.3 Å². The predicted molar refractivity (Wildman–Crippen MR) is 151 cm³/mol. The van der Waals surface area contributed by atoms with Gasteiger partial charge in [0, 0.05) is 11.8 Å². The number of rotatable bonds is 10. The number of Topliss-reactive ketones (excluding diaryl/α,β-unsaturated/α-hetero) is 1. The molecule has 5 heteroatoms. The molecule has 0 aromatic rings. The van der Waals surface area contributed by atoms with E-state index in [1.165, 1.54) is 19.3 Å². The zero-order valence-electron chi connectivity index (χ0n) is 24.2. The molecule has 5 atom stereocenters. The van der Waals surface area contributed by atoms with Crippen molar-refractivity contribution in [3.63, 3.8) is 0 Å². The second kappa shape index (κ2) is 10.9. The third kappa shape index (κ3) is 6.83. The molecule has 34 heavy (non-hydrogen) atoms. The predicted octanol–water partition coefficient (Wildman–Crippen LogP) is 8.69. The van der Waals surface area contributed by atoms with Crippen molar-refractivity contribution in [2.75, 3.05) is 0 Å². The highest BCUT2D eigenvalue weighted by Crippen LogP contribution is 2.51. The van der Waals surface area contributed by atoms with E-state index in [0.29, 0.717) is 5.92 Å². The maximum Gasteiger partial charge on any atom is 0.192 e. The molecule has 3 nitrogen and oxygen atoms in total. The molecule has 0 aromatic heterocycles. The average Bonchev–Trinajstić information content (AvgIpc) is 3.13. The minimum atomic E-state index is -1.94. The molecular weight excluding hydrogens is 452 g/mol. The van der Waals surface area contributed by atoms with Gasteiger partial charge in [0.05, 0.1) is 12.2 Å². The summed E-state index contributed by atoms with van der Waals surface area (Å²) in [6, 6.07) is 0. The summed E-state index contributed by atoms with van der Waals surface area (Å²) in [5, 5.41) is 0.340. The number of allylic oxidation sites excluding steroid dienone is 1. The number of hydrogen-bond acceptors (Lipinski definition) is 3. The SMILES string of the molecule is C=C1C[C@H]2[C@H](/C=C/[C@H](CCCCC)O[Si](C)(C)C(C)(C)C)[C@H](O[Si](C)(C)C(C)(C)C)C[C@@H]2C1=O. The van der Waals surface area contributed by atoms with Gasteiger partial charge in [-0.3, -0.25) is 4.79 Å². The maximum atomic E-state index is 12.9. The Kier molecular flexibility index (Phi) is 9.50. The summed E-state index contributed by atoms with van der Waals surface area (Å²) < 4.78 is 13.8. The second-order valence-electron chi connectivity index (χ2n) is 14.0. The summed E-state index contributed by atoms with van der Waals surface area (Å²) in [5.41, 5.74) is 0.816. The quantitative estimate of drug-likeness (QED) is 0.129. The van der Waals surface area contributed by atoms with Gasteiger partial charge in [0.1, 0.15) is 0 Å². The highest BCUT2D eigenvalue weighted by molar-refractivity contribution is 6.74. The fourth-order valence-corrected chi connectivity index (χ4v) is 7.57. The first-order valence-corrected chi connectivity index (χ1v) is 19.5. The van der Waals surface area contributed by atoms with Crippen LogP contribution in [0.1, 0.15) is 87.0 Å². The van der Waals surface area contributed by atoms with Crippen LogP contribution in [0.25, 0.3) is 0 Å². The van der Waals surface area contributed by atoms with Crippen LogP contribution in [-0.2, 0) is 13.6 Å². The number of carbonyl (C=O) groups excluding carboxylic acids is 1. The molecule has 0 spiro atoms. The van der Waals surface area contributed by atoms with E-state index in [4.69, 9.17) is 8.85 Å². The van der Waals surface area contributed by atoms with Crippen molar-refractivity contribution in [1.82, 2.24) is 0 Å². The van der Waals surface area contributed by atoms with Gasteiger partial charge in [0.2, 0.25) is 0 Å². The van der Waals surface area contributed by atoms with E-state index in [9.17, 15) is 4.79 Å². The first kappa shape index (κ1) is 29.7. The monoisotopic (exact) mass is 506 g/mol. The Bertz CT molecular complexity index is 754. The van der Waals surface area contributed by atoms with Gasteiger partial charge < -0.3 is 8.85 Å². The van der Waals surface area contributed by atoms with Gasteiger partial charge in [-0.2, -0.15) is 0 Å². The summed E-state index contributed by atoms with van der Waals surface area (Å²) >= 11 is 0. The van der Waals surface area contributed by atoms with Gasteiger partial charge >= 0.3 is 0 Å². The molecule has 0 N–H and O–H groups in total. The van der Waals surface area contributed by atoms with Crippen molar-refractivity contribution < 1.29 is 13.6 Å². The van der Waals surface area contributed by atoms with Crippen LogP contribution in [0.5, 0.6) is 0 Å². The number of ketones is 1. The van der Waals surface area contributed by atoms with Gasteiger partial charge in [0.25, 0.3) is 0 Å². The largest absolute Gasteiger partial charge is 0.413 e. The maximum absolute atomic E-state index is 12.9. The highest BCUT2D eigenvalue weighted by Gasteiger charge is 2.52. The van der Waals surface area contributed by atoms with Gasteiger partial charge in [0.15, 0.2) is 22.4 Å². The molecular formula is C29H54O3Si2. The van der Waals surface area contributed by atoms with Gasteiger partial charge in [-0.05, 0) is 67.0 Å². The summed E-state index contributed by atoms with van der Waals surface area (Å²) in [6.07, 6.45) is 11.4. The molecule has 0 aromatic carbocycles. The molecule has 196 valence electrons. The zero-order chi connectivity index (χ0) is 26.1. The Morgan fingerprint density at radius 3 is 2.15 bits per heavy atom. The van der Waals surface area contributed by atoms with Crippen LogP contribution in [0.2, 0.25) is 36.3 Å². The Balaban J connectivity index is 2.31. The van der Waals surface area contributed by atoms with Gasteiger partial charge in [-0.15, -0.1) is 0 Å². The van der Waals surface area contributed by atoms with Crippen molar-refractivity contribution in [2.45, 2.75) is 135 Å². The molecule has 2 rings (SSSR count). The molecule has 0 bridgehead atoms. The average molecular weight is 507 g/mol. The molecule has 0 amide bonds. The minimum Gasteiger partial charge on any atom is -0.413 e. The van der Waals surface area contributed by atoms with Crippen molar-refractivity contribution in [3.05, 3.63) is 24.3 Å². The molecule has 0 unspecified atom stereocenters. The normalized spacial score (nSPS) is 27.6. The first-order valence-electron chi connectivity index (χ1n) is 13.7. The van der Waals surface area contributed by atoms with E-state index in [1.807, 2.05) is 0 Å². The highest BCUT2D eigenvalue weighted by atomic mass is 28.4. The lowest BCUT2D eigenvalue weighted by molar-refractivity contribution is -0.118. The second-order valence-corrected chi connectivity index (χ2v) is 23.5. The summed E-state index contributed by atoms with van der Waals surface area (Å²) in [4.78, 5) is 12.9. The van der Waals surface area contributed by atoms with Crippen molar-refractivity contribution >= 4 is 22.4 Å². The summed E-state index contributed by atoms with van der Waals surface area (Å²) in [6.45, 7) is 29.5. The summed E-state index contributed by atoms with van der Waals surface area (Å²) in [7, 11) is -3.81. The van der Waals surface area contributed by atoms with Crippen LogP contribution in [-0.4, -0.2) is 34.6 Å². The Morgan fingerprint density at radius 1 is 1.03 bits per heavy atom. The Labute approximate surface area is 213 Å².